The predicted octanol–water partition coefficient (Wildman–Crippen LogP) is 2.14. The first-order valence-corrected chi connectivity index (χ1v) is 5.82. The monoisotopic (exact) mass is 229 g/mol. The Hall–Kier alpha value is -2.02. The zero-order valence-electron chi connectivity index (χ0n) is 9.65. The fraction of sp³-hybridized carbons (Fsp3) is 0.385. The lowest BCUT2D eigenvalue weighted by atomic mass is 10.1. The van der Waals surface area contributed by atoms with Crippen LogP contribution in [0.25, 0.3) is 0 Å². The second-order valence-corrected chi connectivity index (χ2v) is 4.10. The van der Waals surface area contributed by atoms with Crippen LogP contribution in [0.1, 0.15) is 19.3 Å². The minimum Gasteiger partial charge on any atom is -0.361 e. The molecule has 0 spiro atoms. The summed E-state index contributed by atoms with van der Waals surface area (Å²) < 4.78 is 0. The average Bonchev–Trinajstić information content (AvgIpc) is 2.34. The van der Waals surface area contributed by atoms with Crippen LogP contribution in [-0.2, 0) is 4.79 Å². The molecule has 0 fully saturated rings. The van der Waals surface area contributed by atoms with Gasteiger partial charge in [-0.15, -0.1) is 0 Å². The lowest BCUT2D eigenvalue weighted by Crippen LogP contribution is -2.38. The van der Waals surface area contributed by atoms with Crippen LogP contribution in [0.2, 0.25) is 0 Å². The van der Waals surface area contributed by atoms with Crippen LogP contribution in [0.3, 0.4) is 0 Å². The molecule has 1 N–H and O–H groups in total. The number of hydrogen-bond acceptors (Lipinski definition) is 3. The quantitative estimate of drug-likeness (QED) is 0.805. The number of nitrogens with zero attached hydrogens (tertiary/aromatic N) is 2. The minimum absolute atomic E-state index is 0.0315. The van der Waals surface area contributed by atoms with Gasteiger partial charge in [0, 0.05) is 13.0 Å². The number of anilines is 2. The van der Waals surface area contributed by atoms with Crippen LogP contribution < -0.4 is 10.2 Å². The fourth-order valence-corrected chi connectivity index (χ4v) is 2.01. The van der Waals surface area contributed by atoms with Gasteiger partial charge in [0.15, 0.2) is 0 Å². The van der Waals surface area contributed by atoms with E-state index in [4.69, 9.17) is 5.26 Å². The van der Waals surface area contributed by atoms with E-state index in [0.29, 0.717) is 13.0 Å². The van der Waals surface area contributed by atoms with Gasteiger partial charge in [-0.05, 0) is 25.0 Å². The summed E-state index contributed by atoms with van der Waals surface area (Å²) >= 11 is 0. The van der Waals surface area contributed by atoms with Crippen molar-refractivity contribution < 1.29 is 4.79 Å². The molecule has 1 aromatic carbocycles. The van der Waals surface area contributed by atoms with Gasteiger partial charge >= 0.3 is 0 Å². The normalized spacial score (nSPS) is 13.8. The van der Waals surface area contributed by atoms with Crippen molar-refractivity contribution in [1.82, 2.24) is 0 Å². The molecule has 0 saturated carbocycles. The number of rotatable bonds is 4. The lowest BCUT2D eigenvalue weighted by Gasteiger charge is -2.30. The predicted molar refractivity (Wildman–Crippen MR) is 66.7 cm³/mol. The molecule has 1 aliphatic heterocycles. The molecule has 0 aliphatic carbocycles. The first-order valence-electron chi connectivity index (χ1n) is 5.82. The summed E-state index contributed by atoms with van der Waals surface area (Å²) in [7, 11) is 0. The third-order valence-electron chi connectivity index (χ3n) is 2.82. The zero-order valence-corrected chi connectivity index (χ0v) is 9.65. The standard InChI is InChI=1S/C13H15N3O/c14-8-4-1-5-9-16-10-13(17)15-11-6-2-3-7-12(11)16/h2-3,6-7H,1,4-5,9-10H2,(H,15,17). The van der Waals surface area contributed by atoms with Crippen molar-refractivity contribution in [3.8, 4) is 6.07 Å². The van der Waals surface area contributed by atoms with E-state index in [1.807, 2.05) is 24.3 Å². The van der Waals surface area contributed by atoms with E-state index in [9.17, 15) is 4.79 Å². The zero-order chi connectivity index (χ0) is 12.1. The lowest BCUT2D eigenvalue weighted by molar-refractivity contribution is -0.115. The maximum Gasteiger partial charge on any atom is 0.243 e. The molecule has 0 atom stereocenters. The number of nitrogens with one attached hydrogen (secondary N) is 1. The van der Waals surface area contributed by atoms with Crippen molar-refractivity contribution in [2.45, 2.75) is 19.3 Å². The Labute approximate surface area is 101 Å². The topological polar surface area (TPSA) is 56.1 Å². The summed E-state index contributed by atoms with van der Waals surface area (Å²) in [5, 5.41) is 11.3. The van der Waals surface area contributed by atoms with Gasteiger partial charge in [-0.25, -0.2) is 0 Å². The summed E-state index contributed by atoms with van der Waals surface area (Å²) in [6.45, 7) is 1.23. The van der Waals surface area contributed by atoms with Crippen LogP contribution in [0, 0.1) is 11.3 Å². The highest BCUT2D eigenvalue weighted by atomic mass is 16.2. The van der Waals surface area contributed by atoms with Crippen LogP contribution in [0.5, 0.6) is 0 Å². The Morgan fingerprint density at radius 3 is 3.00 bits per heavy atom. The Morgan fingerprint density at radius 1 is 1.35 bits per heavy atom. The van der Waals surface area contributed by atoms with Crippen molar-refractivity contribution in [2.75, 3.05) is 23.3 Å². The first kappa shape index (κ1) is 11.5. The summed E-state index contributed by atoms with van der Waals surface area (Å²) in [6, 6.07) is 9.95. The maximum absolute atomic E-state index is 11.5. The maximum atomic E-state index is 11.5. The summed E-state index contributed by atoms with van der Waals surface area (Å²) in [5.41, 5.74) is 1.95. The van der Waals surface area contributed by atoms with Crippen molar-refractivity contribution in [1.29, 1.82) is 5.26 Å². The number of amides is 1. The van der Waals surface area contributed by atoms with Gasteiger partial charge in [-0.2, -0.15) is 5.26 Å². The van der Waals surface area contributed by atoms with Crippen molar-refractivity contribution >= 4 is 17.3 Å². The van der Waals surface area contributed by atoms with Crippen molar-refractivity contribution in [3.05, 3.63) is 24.3 Å². The third-order valence-corrected chi connectivity index (χ3v) is 2.82. The van der Waals surface area contributed by atoms with E-state index in [1.165, 1.54) is 0 Å². The van der Waals surface area contributed by atoms with Gasteiger partial charge in [0.05, 0.1) is 24.0 Å². The molecule has 0 radical (unpaired) electrons. The molecule has 0 unspecified atom stereocenters. The van der Waals surface area contributed by atoms with E-state index in [1.54, 1.807) is 0 Å². The van der Waals surface area contributed by atoms with E-state index < -0.39 is 0 Å². The van der Waals surface area contributed by atoms with E-state index >= 15 is 0 Å². The number of para-hydroxylation sites is 2. The summed E-state index contributed by atoms with van der Waals surface area (Å²) in [6.07, 6.45) is 2.41. The van der Waals surface area contributed by atoms with Gasteiger partial charge in [0.2, 0.25) is 5.91 Å². The molecule has 1 amide bonds. The SMILES string of the molecule is N#CCCCCN1CC(=O)Nc2ccccc21. The fourth-order valence-electron chi connectivity index (χ4n) is 2.01. The van der Waals surface area contributed by atoms with E-state index in [0.717, 1.165) is 30.8 Å². The summed E-state index contributed by atoms with van der Waals surface area (Å²) in [5.74, 6) is 0.0315. The number of carbonyl (C=O) groups excluding carboxylic acids is 1. The second kappa shape index (κ2) is 5.35. The molecule has 0 saturated heterocycles. The molecule has 1 aliphatic rings. The third kappa shape index (κ3) is 2.76. The Kier molecular flexibility index (Phi) is 3.61. The van der Waals surface area contributed by atoms with Crippen LogP contribution in [0.4, 0.5) is 11.4 Å². The molecule has 4 nitrogen and oxygen atoms in total. The number of unbranched alkanes of at least 4 members (excludes halogenated alkanes) is 2. The Bertz CT molecular complexity index is 450. The number of nitriles is 1. The van der Waals surface area contributed by atoms with Crippen LogP contribution >= 0.6 is 0 Å². The molecule has 4 heteroatoms. The number of benzene rings is 1. The molecule has 0 aromatic heterocycles. The largest absolute Gasteiger partial charge is 0.361 e. The Morgan fingerprint density at radius 2 is 2.18 bits per heavy atom. The highest BCUT2D eigenvalue weighted by Crippen LogP contribution is 2.28. The van der Waals surface area contributed by atoms with Crippen LogP contribution in [-0.4, -0.2) is 19.0 Å². The number of carbonyl (C=O) groups is 1. The van der Waals surface area contributed by atoms with Crippen molar-refractivity contribution in [2.24, 2.45) is 0 Å². The molecule has 2 rings (SSSR count). The molecule has 1 heterocycles. The minimum atomic E-state index is 0.0315. The first-order chi connectivity index (χ1) is 8.31. The molecular weight excluding hydrogens is 214 g/mol. The van der Waals surface area contributed by atoms with Crippen molar-refractivity contribution in [3.63, 3.8) is 0 Å². The molecule has 88 valence electrons. The number of fused-ring (bicyclic) bond motifs is 1. The molecule has 0 bridgehead atoms. The number of hydrogen-bond donors (Lipinski definition) is 1. The van der Waals surface area contributed by atoms with Gasteiger partial charge < -0.3 is 10.2 Å². The van der Waals surface area contributed by atoms with Gasteiger partial charge in [-0.3, -0.25) is 4.79 Å². The van der Waals surface area contributed by atoms with Gasteiger partial charge in [-0.1, -0.05) is 12.1 Å². The van der Waals surface area contributed by atoms with Crippen LogP contribution in [0.15, 0.2) is 24.3 Å². The van der Waals surface area contributed by atoms with Gasteiger partial charge in [0.1, 0.15) is 0 Å². The molecule has 1 aromatic rings. The average molecular weight is 229 g/mol. The van der Waals surface area contributed by atoms with E-state index in [2.05, 4.69) is 16.3 Å². The van der Waals surface area contributed by atoms with E-state index in [-0.39, 0.29) is 5.91 Å². The highest BCUT2D eigenvalue weighted by molar-refractivity contribution is 6.01. The molecular formula is C13H15N3O. The highest BCUT2D eigenvalue weighted by Gasteiger charge is 2.20. The van der Waals surface area contributed by atoms with Gasteiger partial charge in [0.25, 0.3) is 0 Å². The smallest absolute Gasteiger partial charge is 0.243 e. The Balaban J connectivity index is 2.03. The molecule has 17 heavy (non-hydrogen) atoms. The summed E-state index contributed by atoms with van der Waals surface area (Å²) in [4.78, 5) is 13.6. The second-order valence-electron chi connectivity index (χ2n) is 4.10.